The Hall–Kier alpha value is -2.80. The third kappa shape index (κ3) is 2.02. The number of fused-ring (bicyclic) bond motifs is 1. The van der Waals surface area contributed by atoms with E-state index < -0.39 is 0 Å². The number of hydrogen-bond donors (Lipinski definition) is 1. The first-order valence-electron chi connectivity index (χ1n) is 5.85. The van der Waals surface area contributed by atoms with Crippen LogP contribution in [-0.4, -0.2) is 15.0 Å². The third-order valence-electron chi connectivity index (χ3n) is 2.89. The van der Waals surface area contributed by atoms with Crippen molar-refractivity contribution < 1.29 is 0 Å². The molecule has 4 heteroatoms. The second-order valence-corrected chi connectivity index (χ2v) is 4.20. The number of aromatic amines is 1. The van der Waals surface area contributed by atoms with Crippen LogP contribution in [0.25, 0.3) is 11.0 Å². The van der Waals surface area contributed by atoms with E-state index in [4.69, 9.17) is 6.42 Å². The molecule has 0 aliphatic heterocycles. The summed E-state index contributed by atoms with van der Waals surface area (Å²) in [6.07, 6.45) is 8.79. The molecule has 2 heterocycles. The van der Waals surface area contributed by atoms with E-state index in [1.807, 2.05) is 37.4 Å². The summed E-state index contributed by atoms with van der Waals surface area (Å²) >= 11 is 0. The highest BCUT2D eigenvalue weighted by atomic mass is 15.0. The standard InChI is InChI=1S/C15H11N4/c1-3-11-5-4-6-12(7-11)19-15-13-10(2)8-16-14(13)17-9-18-15/h1,4-9H,2H3,(H,16,17,18). The molecule has 0 bridgehead atoms. The Kier molecular flexibility index (Phi) is 2.66. The molecule has 0 aliphatic carbocycles. The molecule has 0 unspecified atom stereocenters. The number of benzene rings is 1. The fourth-order valence-electron chi connectivity index (χ4n) is 1.97. The van der Waals surface area contributed by atoms with Crippen LogP contribution in [0.15, 0.2) is 36.8 Å². The molecule has 1 radical (unpaired) electrons. The van der Waals surface area contributed by atoms with Gasteiger partial charge in [0.2, 0.25) is 0 Å². The van der Waals surface area contributed by atoms with E-state index in [2.05, 4.69) is 26.2 Å². The molecule has 3 rings (SSSR count). The third-order valence-corrected chi connectivity index (χ3v) is 2.89. The van der Waals surface area contributed by atoms with Gasteiger partial charge in [0, 0.05) is 11.8 Å². The monoisotopic (exact) mass is 247 g/mol. The van der Waals surface area contributed by atoms with Crippen molar-refractivity contribution in [1.29, 1.82) is 0 Å². The van der Waals surface area contributed by atoms with E-state index in [9.17, 15) is 0 Å². The SMILES string of the molecule is C#Cc1cccc([N]c2ncnc3[nH]cc(C)c23)c1. The predicted octanol–water partition coefficient (Wildman–Crippen LogP) is 2.82. The fraction of sp³-hybridized carbons (Fsp3) is 0.0667. The van der Waals surface area contributed by atoms with Crippen LogP contribution in [-0.2, 0) is 0 Å². The molecule has 0 aliphatic rings. The van der Waals surface area contributed by atoms with Crippen molar-refractivity contribution in [3.05, 3.63) is 47.9 Å². The van der Waals surface area contributed by atoms with E-state index in [1.54, 1.807) is 0 Å². The first-order chi connectivity index (χ1) is 9.28. The van der Waals surface area contributed by atoms with Gasteiger partial charge in [-0.05, 0) is 30.7 Å². The van der Waals surface area contributed by atoms with E-state index in [0.29, 0.717) is 5.82 Å². The summed E-state index contributed by atoms with van der Waals surface area (Å²) in [5.74, 6) is 3.25. The first kappa shape index (κ1) is 11.3. The molecule has 0 saturated heterocycles. The maximum atomic E-state index is 5.39. The van der Waals surface area contributed by atoms with Gasteiger partial charge >= 0.3 is 0 Å². The Labute approximate surface area is 110 Å². The summed E-state index contributed by atoms with van der Waals surface area (Å²) in [6.45, 7) is 2.00. The van der Waals surface area contributed by atoms with Crippen LogP contribution in [0.2, 0.25) is 0 Å². The smallest absolute Gasteiger partial charge is 0.165 e. The van der Waals surface area contributed by atoms with Gasteiger partial charge in [0.25, 0.3) is 0 Å². The molecular weight excluding hydrogens is 236 g/mol. The van der Waals surface area contributed by atoms with E-state index in [1.165, 1.54) is 6.33 Å². The zero-order valence-corrected chi connectivity index (χ0v) is 10.4. The van der Waals surface area contributed by atoms with Gasteiger partial charge < -0.3 is 4.98 Å². The molecule has 0 atom stereocenters. The lowest BCUT2D eigenvalue weighted by Crippen LogP contribution is -1.95. The minimum absolute atomic E-state index is 0.651. The van der Waals surface area contributed by atoms with E-state index >= 15 is 0 Å². The topological polar surface area (TPSA) is 55.7 Å². The number of hydrogen-bond acceptors (Lipinski definition) is 2. The van der Waals surface area contributed by atoms with Gasteiger partial charge in [0.05, 0.1) is 11.1 Å². The van der Waals surface area contributed by atoms with Gasteiger partial charge in [-0.2, -0.15) is 0 Å². The maximum Gasteiger partial charge on any atom is 0.165 e. The number of aryl methyl sites for hydroxylation is 1. The zero-order valence-electron chi connectivity index (χ0n) is 10.4. The average molecular weight is 247 g/mol. The number of terminal acetylenes is 1. The van der Waals surface area contributed by atoms with Gasteiger partial charge in [-0.15, -0.1) is 6.42 Å². The Morgan fingerprint density at radius 1 is 1.32 bits per heavy atom. The fourth-order valence-corrected chi connectivity index (χ4v) is 1.97. The van der Waals surface area contributed by atoms with Gasteiger partial charge in [0.15, 0.2) is 5.82 Å². The summed E-state index contributed by atoms with van der Waals surface area (Å²) in [5.41, 5.74) is 3.45. The normalized spacial score (nSPS) is 10.3. The second-order valence-electron chi connectivity index (χ2n) is 4.20. The summed E-state index contributed by atoms with van der Waals surface area (Å²) in [4.78, 5) is 11.5. The predicted molar refractivity (Wildman–Crippen MR) is 74.5 cm³/mol. The van der Waals surface area contributed by atoms with Gasteiger partial charge in [0.1, 0.15) is 12.0 Å². The van der Waals surface area contributed by atoms with E-state index in [-0.39, 0.29) is 0 Å². The van der Waals surface area contributed by atoms with Crippen LogP contribution in [0.3, 0.4) is 0 Å². The van der Waals surface area contributed by atoms with Crippen LogP contribution < -0.4 is 5.32 Å². The molecule has 4 nitrogen and oxygen atoms in total. The zero-order chi connectivity index (χ0) is 13.2. The molecular formula is C15H11N4. The minimum Gasteiger partial charge on any atom is -0.346 e. The van der Waals surface area contributed by atoms with Crippen molar-refractivity contribution in [2.45, 2.75) is 6.92 Å². The van der Waals surface area contributed by atoms with E-state index in [0.717, 1.165) is 27.8 Å². The quantitative estimate of drug-likeness (QED) is 0.708. The Bertz CT molecular complexity index is 780. The van der Waals surface area contributed by atoms with Crippen LogP contribution in [0.5, 0.6) is 0 Å². The molecule has 1 aromatic carbocycles. The number of H-pyrrole nitrogens is 1. The van der Waals surface area contributed by atoms with Crippen LogP contribution >= 0.6 is 0 Å². The highest BCUT2D eigenvalue weighted by Crippen LogP contribution is 2.25. The lowest BCUT2D eigenvalue weighted by molar-refractivity contribution is 1.08. The van der Waals surface area contributed by atoms with Crippen molar-refractivity contribution in [2.75, 3.05) is 0 Å². The van der Waals surface area contributed by atoms with Gasteiger partial charge in [-0.25, -0.2) is 15.3 Å². The largest absolute Gasteiger partial charge is 0.346 e. The van der Waals surface area contributed by atoms with Gasteiger partial charge in [-0.3, -0.25) is 0 Å². The van der Waals surface area contributed by atoms with Crippen molar-refractivity contribution in [2.24, 2.45) is 0 Å². The van der Waals surface area contributed by atoms with Crippen LogP contribution in [0.4, 0.5) is 11.5 Å². The Balaban J connectivity index is 2.06. The highest BCUT2D eigenvalue weighted by Gasteiger charge is 2.09. The Morgan fingerprint density at radius 2 is 2.21 bits per heavy atom. The second kappa shape index (κ2) is 4.46. The number of nitrogens with one attached hydrogen (secondary N) is 1. The minimum atomic E-state index is 0.651. The average Bonchev–Trinajstić information content (AvgIpc) is 2.82. The van der Waals surface area contributed by atoms with Gasteiger partial charge in [-0.1, -0.05) is 12.0 Å². The highest BCUT2D eigenvalue weighted by molar-refractivity contribution is 5.89. The molecule has 0 saturated carbocycles. The molecule has 91 valence electrons. The van der Waals surface area contributed by atoms with Crippen molar-refractivity contribution in [3.8, 4) is 12.3 Å². The van der Waals surface area contributed by atoms with Crippen LogP contribution in [0, 0.1) is 19.3 Å². The molecule has 0 fully saturated rings. The summed E-state index contributed by atoms with van der Waals surface area (Å²) < 4.78 is 0. The molecule has 0 spiro atoms. The van der Waals surface area contributed by atoms with Crippen molar-refractivity contribution >= 4 is 22.5 Å². The van der Waals surface area contributed by atoms with Crippen molar-refractivity contribution in [3.63, 3.8) is 0 Å². The van der Waals surface area contributed by atoms with Crippen molar-refractivity contribution in [1.82, 2.24) is 20.3 Å². The molecule has 1 N–H and O–H groups in total. The summed E-state index contributed by atoms with van der Waals surface area (Å²) in [7, 11) is 0. The maximum absolute atomic E-state index is 5.39. The molecule has 19 heavy (non-hydrogen) atoms. The lowest BCUT2D eigenvalue weighted by atomic mass is 10.2. The number of nitrogens with zero attached hydrogens (tertiary/aromatic N) is 3. The molecule has 2 aromatic heterocycles. The first-order valence-corrected chi connectivity index (χ1v) is 5.85. The summed E-state index contributed by atoms with van der Waals surface area (Å²) in [5, 5.41) is 5.48. The van der Waals surface area contributed by atoms with Crippen LogP contribution in [0.1, 0.15) is 11.1 Å². The number of rotatable bonds is 2. The number of aromatic nitrogens is 3. The molecule has 0 amide bonds. The molecule has 3 aromatic rings. The summed E-state index contributed by atoms with van der Waals surface area (Å²) in [6, 6.07) is 7.51. The Morgan fingerprint density at radius 3 is 3.05 bits per heavy atom. The lowest BCUT2D eigenvalue weighted by Gasteiger charge is -2.04.